The molecule has 0 saturated carbocycles. The lowest BCUT2D eigenvalue weighted by Crippen LogP contribution is -1.94. The molecule has 0 amide bonds. The fourth-order valence-corrected chi connectivity index (χ4v) is 1.86. The minimum absolute atomic E-state index is 0.130. The first-order valence-electron chi connectivity index (χ1n) is 3.33. The third kappa shape index (κ3) is 2.37. The Balaban J connectivity index is 3.25. The van der Waals surface area contributed by atoms with E-state index < -0.39 is 10.2 Å². The predicted molar refractivity (Wildman–Crippen MR) is 55.0 cm³/mol. The molecule has 1 aromatic carbocycles. The van der Waals surface area contributed by atoms with Crippen LogP contribution in [-0.2, 0) is 0 Å². The fraction of sp³-hybridized carbons (Fsp3) is 0. The molecule has 14 heavy (non-hydrogen) atoms. The first kappa shape index (κ1) is 11.3. The second-order valence-corrected chi connectivity index (χ2v) is 3.69. The Kier molecular flexibility index (Phi) is 3.74. The van der Waals surface area contributed by atoms with E-state index in [1.54, 1.807) is 0 Å². The van der Waals surface area contributed by atoms with Crippen LogP contribution >= 0.6 is 33.3 Å². The Morgan fingerprint density at radius 3 is 2.57 bits per heavy atom. The summed E-state index contributed by atoms with van der Waals surface area (Å²) in [6.07, 6.45) is 0. The molecule has 0 bridgehead atoms. The van der Waals surface area contributed by atoms with Crippen molar-refractivity contribution in [3.05, 3.63) is 33.9 Å². The van der Waals surface area contributed by atoms with Gasteiger partial charge in [-0.15, -0.1) is 0 Å². The van der Waals surface area contributed by atoms with Gasteiger partial charge in [0.15, 0.2) is 0 Å². The van der Waals surface area contributed by atoms with E-state index in [0.717, 1.165) is 11.0 Å². The van der Waals surface area contributed by atoms with E-state index in [4.69, 9.17) is 22.3 Å². The van der Waals surface area contributed by atoms with E-state index in [-0.39, 0.29) is 16.1 Å². The SMILES string of the molecule is O=C(Cl)c1ccc([N+](=O)[O-])cc1SCl. The molecule has 4 nitrogen and oxygen atoms in total. The molecule has 0 aliphatic carbocycles. The zero-order valence-corrected chi connectivity index (χ0v) is 8.90. The zero-order valence-electron chi connectivity index (χ0n) is 6.57. The van der Waals surface area contributed by atoms with E-state index in [1.165, 1.54) is 18.2 Å². The summed E-state index contributed by atoms with van der Waals surface area (Å²) in [4.78, 5) is 20.9. The van der Waals surface area contributed by atoms with Gasteiger partial charge in [0.05, 0.1) is 4.92 Å². The highest BCUT2D eigenvalue weighted by Gasteiger charge is 2.14. The monoisotopic (exact) mass is 251 g/mol. The van der Waals surface area contributed by atoms with Crippen LogP contribution in [-0.4, -0.2) is 10.2 Å². The number of non-ortho nitro benzene ring substituents is 1. The number of hydrogen-bond donors (Lipinski definition) is 0. The Labute approximate surface area is 92.8 Å². The first-order chi connectivity index (χ1) is 6.56. The van der Waals surface area contributed by atoms with Crippen LogP contribution in [0.4, 0.5) is 5.69 Å². The van der Waals surface area contributed by atoms with Crippen molar-refractivity contribution in [3.63, 3.8) is 0 Å². The second-order valence-electron chi connectivity index (χ2n) is 2.29. The molecule has 0 N–H and O–H groups in total. The average molecular weight is 252 g/mol. The van der Waals surface area contributed by atoms with Gasteiger partial charge in [0.25, 0.3) is 10.9 Å². The van der Waals surface area contributed by atoms with Crippen molar-refractivity contribution >= 4 is 44.2 Å². The second kappa shape index (κ2) is 4.63. The first-order valence-corrected chi connectivity index (χ1v) is 5.35. The average Bonchev–Trinajstić information content (AvgIpc) is 2.16. The quantitative estimate of drug-likeness (QED) is 0.470. The summed E-state index contributed by atoms with van der Waals surface area (Å²) in [6.45, 7) is 0. The van der Waals surface area contributed by atoms with Crippen LogP contribution in [0.3, 0.4) is 0 Å². The van der Waals surface area contributed by atoms with E-state index in [0.29, 0.717) is 0 Å². The minimum Gasteiger partial charge on any atom is -0.276 e. The van der Waals surface area contributed by atoms with Crippen molar-refractivity contribution in [3.8, 4) is 0 Å². The highest BCUT2D eigenvalue weighted by molar-refractivity contribution is 8.21. The fourth-order valence-electron chi connectivity index (χ4n) is 0.851. The highest BCUT2D eigenvalue weighted by Crippen LogP contribution is 2.30. The molecule has 0 fully saturated rings. The summed E-state index contributed by atoms with van der Waals surface area (Å²) < 4.78 is 0. The Hall–Kier alpha value is -0.780. The summed E-state index contributed by atoms with van der Waals surface area (Å²) in [5, 5.41) is 9.69. The maximum atomic E-state index is 10.8. The van der Waals surface area contributed by atoms with Crippen LogP contribution in [0.5, 0.6) is 0 Å². The molecule has 0 spiro atoms. The van der Waals surface area contributed by atoms with Crippen molar-refractivity contribution in [2.75, 3.05) is 0 Å². The lowest BCUT2D eigenvalue weighted by molar-refractivity contribution is -0.385. The molecule has 1 aromatic rings. The van der Waals surface area contributed by atoms with Gasteiger partial charge in [0.2, 0.25) is 0 Å². The molecule has 1 rings (SSSR count). The van der Waals surface area contributed by atoms with Crippen LogP contribution in [0.2, 0.25) is 0 Å². The summed E-state index contributed by atoms with van der Waals surface area (Å²) in [5.41, 5.74) is 0.0343. The Bertz CT molecular complexity index is 397. The number of hydrogen-bond acceptors (Lipinski definition) is 4. The number of halogens is 2. The summed E-state index contributed by atoms with van der Waals surface area (Å²) in [5.74, 6) is 0. The van der Waals surface area contributed by atoms with E-state index in [1.807, 2.05) is 0 Å². The van der Waals surface area contributed by atoms with Crippen LogP contribution < -0.4 is 0 Å². The summed E-state index contributed by atoms with van der Waals surface area (Å²) in [6, 6.07) is 3.68. The van der Waals surface area contributed by atoms with Crippen molar-refractivity contribution in [1.82, 2.24) is 0 Å². The van der Waals surface area contributed by atoms with Crippen molar-refractivity contribution in [2.45, 2.75) is 4.90 Å². The molecule has 0 aliphatic rings. The van der Waals surface area contributed by atoms with E-state index in [9.17, 15) is 14.9 Å². The number of carbonyl (C=O) groups is 1. The molecule has 74 valence electrons. The topological polar surface area (TPSA) is 60.2 Å². The molecule has 0 aliphatic heterocycles. The standard InChI is InChI=1S/C7H3Cl2NO3S/c8-7(11)5-2-1-4(10(12)13)3-6(5)14-9/h1-3H. The zero-order chi connectivity index (χ0) is 10.7. The molecule has 7 heteroatoms. The highest BCUT2D eigenvalue weighted by atomic mass is 35.7. The van der Waals surface area contributed by atoms with Gasteiger partial charge in [-0.05, 0) is 39.3 Å². The third-order valence-electron chi connectivity index (χ3n) is 1.47. The number of carbonyl (C=O) groups excluding carboxylic acids is 1. The molecule has 0 heterocycles. The van der Waals surface area contributed by atoms with Crippen LogP contribution in [0, 0.1) is 10.1 Å². The van der Waals surface area contributed by atoms with Crippen LogP contribution in [0.1, 0.15) is 10.4 Å². The van der Waals surface area contributed by atoms with Crippen molar-refractivity contribution < 1.29 is 9.72 Å². The smallest absolute Gasteiger partial charge is 0.270 e. The van der Waals surface area contributed by atoms with Gasteiger partial charge >= 0.3 is 0 Å². The molecule has 0 atom stereocenters. The lowest BCUT2D eigenvalue weighted by Gasteiger charge is -2.00. The number of nitro groups is 1. The summed E-state index contributed by atoms with van der Waals surface area (Å²) >= 11 is 5.24. The van der Waals surface area contributed by atoms with Crippen LogP contribution in [0.25, 0.3) is 0 Å². The molecule has 0 saturated heterocycles. The van der Waals surface area contributed by atoms with Crippen molar-refractivity contribution in [1.29, 1.82) is 0 Å². The maximum absolute atomic E-state index is 10.8. The predicted octanol–water partition coefficient (Wildman–Crippen LogP) is 3.22. The lowest BCUT2D eigenvalue weighted by atomic mass is 10.2. The van der Waals surface area contributed by atoms with Gasteiger partial charge in [-0.25, -0.2) is 0 Å². The van der Waals surface area contributed by atoms with Crippen molar-refractivity contribution in [2.24, 2.45) is 0 Å². The van der Waals surface area contributed by atoms with E-state index >= 15 is 0 Å². The number of nitrogens with zero attached hydrogens (tertiary/aromatic N) is 1. The third-order valence-corrected chi connectivity index (χ3v) is 2.68. The molecule has 0 radical (unpaired) electrons. The van der Waals surface area contributed by atoms with Gasteiger partial charge < -0.3 is 0 Å². The number of benzene rings is 1. The minimum atomic E-state index is -0.692. The Morgan fingerprint density at radius 2 is 2.14 bits per heavy atom. The maximum Gasteiger partial charge on any atom is 0.270 e. The van der Waals surface area contributed by atoms with Gasteiger partial charge in [0, 0.05) is 22.6 Å². The molecular formula is C7H3Cl2NO3S. The largest absolute Gasteiger partial charge is 0.276 e. The van der Waals surface area contributed by atoms with E-state index in [2.05, 4.69) is 0 Å². The summed E-state index contributed by atoms with van der Waals surface area (Å²) in [7, 11) is 6.15. The number of rotatable bonds is 3. The Morgan fingerprint density at radius 1 is 1.50 bits per heavy atom. The molecule has 0 unspecified atom stereocenters. The molecule has 0 aromatic heterocycles. The van der Waals surface area contributed by atoms with Gasteiger partial charge in [0.1, 0.15) is 0 Å². The van der Waals surface area contributed by atoms with Crippen LogP contribution in [0.15, 0.2) is 23.1 Å². The number of nitro benzene ring substituents is 1. The van der Waals surface area contributed by atoms with Gasteiger partial charge in [-0.1, -0.05) is 0 Å². The normalized spacial score (nSPS) is 9.86. The van der Waals surface area contributed by atoms with Gasteiger partial charge in [-0.3, -0.25) is 14.9 Å². The molecular weight excluding hydrogens is 249 g/mol. The van der Waals surface area contributed by atoms with Gasteiger partial charge in [-0.2, -0.15) is 0 Å².